The molecule has 1 aromatic rings. The van der Waals surface area contributed by atoms with Crippen LogP contribution in [0.3, 0.4) is 0 Å². The summed E-state index contributed by atoms with van der Waals surface area (Å²) < 4.78 is 0. The smallest absolute Gasteiger partial charge is 0.0471 e. The average Bonchev–Trinajstić information content (AvgIpc) is 3.30. The summed E-state index contributed by atoms with van der Waals surface area (Å²) in [6.45, 7) is 3.22. The first-order chi connectivity index (χ1) is 9.76. The van der Waals surface area contributed by atoms with Gasteiger partial charge >= 0.3 is 0 Å². The van der Waals surface area contributed by atoms with Crippen LogP contribution in [-0.4, -0.2) is 30.8 Å². The van der Waals surface area contributed by atoms with Gasteiger partial charge in [0.25, 0.3) is 0 Å². The van der Waals surface area contributed by atoms with Crippen molar-refractivity contribution in [1.82, 2.24) is 5.32 Å². The predicted octanol–water partition coefficient (Wildman–Crippen LogP) is 2.80. The van der Waals surface area contributed by atoms with Crippen molar-refractivity contribution in [1.29, 1.82) is 0 Å². The Labute approximate surface area is 125 Å². The third-order valence-corrected chi connectivity index (χ3v) is 4.78. The van der Waals surface area contributed by atoms with E-state index >= 15 is 0 Å². The molecule has 4 heteroatoms. The molecule has 0 aromatic heterocycles. The molecule has 1 saturated heterocycles. The number of rotatable bonds is 5. The number of anilines is 1. The lowest BCUT2D eigenvalue weighted by atomic mass is 9.97. The lowest BCUT2D eigenvalue weighted by molar-refractivity contribution is 0.203. The summed E-state index contributed by atoms with van der Waals surface area (Å²) in [5, 5.41) is 13.6. The molecule has 1 heterocycles. The molecule has 1 aliphatic heterocycles. The Kier molecular flexibility index (Phi) is 4.49. The Bertz CT molecular complexity index is 454. The second kappa shape index (κ2) is 6.33. The second-order valence-electron chi connectivity index (χ2n) is 6.04. The zero-order valence-electron chi connectivity index (χ0n) is 11.8. The van der Waals surface area contributed by atoms with Crippen LogP contribution < -0.4 is 10.2 Å². The normalized spacial score (nSPS) is 20.4. The average molecular weight is 295 g/mol. The van der Waals surface area contributed by atoms with E-state index in [4.69, 9.17) is 11.6 Å². The molecule has 3 rings (SSSR count). The van der Waals surface area contributed by atoms with Gasteiger partial charge in [0, 0.05) is 43.0 Å². The molecular formula is C16H23ClN2O. The maximum atomic E-state index is 9.19. The van der Waals surface area contributed by atoms with E-state index in [0.717, 1.165) is 37.5 Å². The van der Waals surface area contributed by atoms with Crippen molar-refractivity contribution in [3.63, 3.8) is 0 Å². The van der Waals surface area contributed by atoms with Gasteiger partial charge in [-0.05, 0) is 49.3 Å². The highest BCUT2D eigenvalue weighted by Gasteiger charge is 2.21. The molecule has 0 unspecified atom stereocenters. The van der Waals surface area contributed by atoms with E-state index in [1.807, 2.05) is 0 Å². The van der Waals surface area contributed by atoms with Crippen LogP contribution in [0.1, 0.15) is 31.2 Å². The summed E-state index contributed by atoms with van der Waals surface area (Å²) in [6, 6.07) is 7.12. The van der Waals surface area contributed by atoms with Crippen molar-refractivity contribution in [3.05, 3.63) is 28.8 Å². The molecule has 0 bridgehead atoms. The molecule has 1 saturated carbocycles. The SMILES string of the molecule is OCC1CCN(c2ccc(CNC3CC3)c(Cl)c2)CC1. The third kappa shape index (κ3) is 3.46. The minimum absolute atomic E-state index is 0.320. The molecule has 3 nitrogen and oxygen atoms in total. The number of hydrogen-bond acceptors (Lipinski definition) is 3. The van der Waals surface area contributed by atoms with E-state index in [0.29, 0.717) is 18.6 Å². The standard InChI is InChI=1S/C16H23ClN2O/c17-16-9-15(19-7-5-12(11-20)6-8-19)4-1-13(16)10-18-14-2-3-14/h1,4,9,12,14,18,20H,2-3,5-8,10-11H2. The Morgan fingerprint density at radius 2 is 1.95 bits per heavy atom. The van der Waals surface area contributed by atoms with E-state index in [-0.39, 0.29) is 0 Å². The van der Waals surface area contributed by atoms with Crippen molar-refractivity contribution in [2.75, 3.05) is 24.6 Å². The van der Waals surface area contributed by atoms with Crippen molar-refractivity contribution < 1.29 is 5.11 Å². The summed E-state index contributed by atoms with van der Waals surface area (Å²) in [6.07, 6.45) is 4.74. The predicted molar refractivity (Wildman–Crippen MR) is 83.3 cm³/mol. The van der Waals surface area contributed by atoms with E-state index < -0.39 is 0 Å². The van der Waals surface area contributed by atoms with Gasteiger partial charge in [0.15, 0.2) is 0 Å². The number of hydrogen-bond donors (Lipinski definition) is 2. The highest BCUT2D eigenvalue weighted by Crippen LogP contribution is 2.28. The van der Waals surface area contributed by atoms with Gasteiger partial charge in [-0.15, -0.1) is 0 Å². The number of nitrogens with one attached hydrogen (secondary N) is 1. The zero-order valence-corrected chi connectivity index (χ0v) is 12.6. The van der Waals surface area contributed by atoms with Crippen LogP contribution in [0.5, 0.6) is 0 Å². The minimum Gasteiger partial charge on any atom is -0.396 e. The molecule has 2 aliphatic rings. The number of piperidine rings is 1. The second-order valence-corrected chi connectivity index (χ2v) is 6.45. The van der Waals surface area contributed by atoms with Crippen molar-refractivity contribution in [2.45, 2.75) is 38.3 Å². The number of aliphatic hydroxyl groups is 1. The first kappa shape index (κ1) is 14.2. The summed E-state index contributed by atoms with van der Waals surface area (Å²) in [5.74, 6) is 0.476. The van der Waals surface area contributed by atoms with Gasteiger partial charge in [-0.1, -0.05) is 17.7 Å². The molecule has 2 fully saturated rings. The largest absolute Gasteiger partial charge is 0.396 e. The van der Waals surface area contributed by atoms with Crippen LogP contribution in [0.4, 0.5) is 5.69 Å². The summed E-state index contributed by atoms with van der Waals surface area (Å²) in [4.78, 5) is 2.37. The Morgan fingerprint density at radius 3 is 2.55 bits per heavy atom. The molecule has 20 heavy (non-hydrogen) atoms. The summed E-state index contributed by atoms with van der Waals surface area (Å²) in [5.41, 5.74) is 2.40. The van der Waals surface area contributed by atoms with Crippen LogP contribution >= 0.6 is 11.6 Å². The molecule has 0 atom stereocenters. The van der Waals surface area contributed by atoms with E-state index in [1.165, 1.54) is 24.1 Å². The van der Waals surface area contributed by atoms with Crippen LogP contribution in [0, 0.1) is 5.92 Å². The van der Waals surface area contributed by atoms with Gasteiger partial charge in [-0.3, -0.25) is 0 Å². The maximum Gasteiger partial charge on any atom is 0.0471 e. The van der Waals surface area contributed by atoms with Crippen LogP contribution in [0.2, 0.25) is 5.02 Å². The molecule has 0 spiro atoms. The molecular weight excluding hydrogens is 272 g/mol. The van der Waals surface area contributed by atoms with E-state index in [2.05, 4.69) is 28.4 Å². The van der Waals surface area contributed by atoms with E-state index in [1.54, 1.807) is 0 Å². The first-order valence-electron chi connectivity index (χ1n) is 7.64. The van der Waals surface area contributed by atoms with Gasteiger partial charge in [0.2, 0.25) is 0 Å². The number of nitrogens with zero attached hydrogens (tertiary/aromatic N) is 1. The number of halogens is 1. The van der Waals surface area contributed by atoms with Gasteiger partial charge in [0.05, 0.1) is 0 Å². The van der Waals surface area contributed by atoms with Gasteiger partial charge in [0.1, 0.15) is 0 Å². The lowest BCUT2D eigenvalue weighted by Crippen LogP contribution is -2.34. The molecule has 1 aliphatic carbocycles. The molecule has 1 aromatic carbocycles. The Hall–Kier alpha value is -0.770. The minimum atomic E-state index is 0.320. The number of aliphatic hydroxyl groups excluding tert-OH is 1. The fourth-order valence-corrected chi connectivity index (χ4v) is 3.03. The van der Waals surface area contributed by atoms with Crippen molar-refractivity contribution in [2.24, 2.45) is 5.92 Å². The topological polar surface area (TPSA) is 35.5 Å². The van der Waals surface area contributed by atoms with Gasteiger partial charge in [-0.2, -0.15) is 0 Å². The lowest BCUT2D eigenvalue weighted by Gasteiger charge is -2.33. The van der Waals surface area contributed by atoms with Gasteiger partial charge < -0.3 is 15.3 Å². The quantitative estimate of drug-likeness (QED) is 0.876. The van der Waals surface area contributed by atoms with Crippen molar-refractivity contribution >= 4 is 17.3 Å². The maximum absolute atomic E-state index is 9.19. The Balaban J connectivity index is 1.60. The molecule has 0 amide bonds. The summed E-state index contributed by atoms with van der Waals surface area (Å²) in [7, 11) is 0. The first-order valence-corrected chi connectivity index (χ1v) is 8.01. The fraction of sp³-hybridized carbons (Fsp3) is 0.625. The zero-order chi connectivity index (χ0) is 13.9. The highest BCUT2D eigenvalue weighted by atomic mass is 35.5. The van der Waals surface area contributed by atoms with Crippen LogP contribution in [0.25, 0.3) is 0 Å². The Morgan fingerprint density at radius 1 is 1.20 bits per heavy atom. The molecule has 0 radical (unpaired) electrons. The van der Waals surface area contributed by atoms with Crippen LogP contribution in [-0.2, 0) is 6.54 Å². The molecule has 2 N–H and O–H groups in total. The van der Waals surface area contributed by atoms with Crippen molar-refractivity contribution in [3.8, 4) is 0 Å². The highest BCUT2D eigenvalue weighted by molar-refractivity contribution is 6.31. The number of benzene rings is 1. The van der Waals surface area contributed by atoms with Gasteiger partial charge in [-0.25, -0.2) is 0 Å². The fourth-order valence-electron chi connectivity index (χ4n) is 2.79. The van der Waals surface area contributed by atoms with E-state index in [9.17, 15) is 5.11 Å². The third-order valence-electron chi connectivity index (χ3n) is 4.43. The van der Waals surface area contributed by atoms with Crippen LogP contribution in [0.15, 0.2) is 18.2 Å². The molecule has 110 valence electrons. The monoisotopic (exact) mass is 294 g/mol. The summed E-state index contributed by atoms with van der Waals surface area (Å²) >= 11 is 6.40.